The lowest BCUT2D eigenvalue weighted by Gasteiger charge is -2.49. The maximum Gasteiger partial charge on any atom is 0.242 e. The first-order chi connectivity index (χ1) is 29.9. The van der Waals surface area contributed by atoms with Gasteiger partial charge in [0, 0.05) is 40.3 Å². The maximum absolute atomic E-state index is 14.7. The zero-order chi connectivity index (χ0) is 43.4. The number of nitrogens with zero attached hydrogens (tertiary/aromatic N) is 1. The molecule has 10 N–H and O–H groups in total. The summed E-state index contributed by atoms with van der Waals surface area (Å²) in [6, 6.07) is 12.5. The molecular formula is C44H49N5O13. The zero-order valence-corrected chi connectivity index (χ0v) is 33.5. The van der Waals surface area contributed by atoms with Gasteiger partial charge in [-0.25, -0.2) is 0 Å². The number of aliphatic hydroxyl groups is 5. The van der Waals surface area contributed by atoms with Crippen LogP contribution in [0.25, 0.3) is 0 Å². The largest absolute Gasteiger partial charge is 0.492 e. The molecule has 6 aliphatic rings. The zero-order valence-electron chi connectivity index (χ0n) is 33.5. The van der Waals surface area contributed by atoms with E-state index in [0.717, 1.165) is 6.42 Å². The van der Waals surface area contributed by atoms with E-state index in [2.05, 4.69) is 16.0 Å². The van der Waals surface area contributed by atoms with Crippen molar-refractivity contribution in [3.8, 4) is 11.5 Å². The van der Waals surface area contributed by atoms with Crippen LogP contribution >= 0.6 is 0 Å². The molecule has 3 aromatic carbocycles. The lowest BCUT2D eigenvalue weighted by atomic mass is 9.76. The second-order valence-electron chi connectivity index (χ2n) is 16.6. The molecule has 1 saturated carbocycles. The molecule has 1 amide bonds. The van der Waals surface area contributed by atoms with Gasteiger partial charge in [-0.2, -0.15) is 0 Å². The molecule has 3 saturated heterocycles. The summed E-state index contributed by atoms with van der Waals surface area (Å²) in [5.41, 5.74) is 6.49. The molecule has 2 aliphatic carbocycles. The number of ketones is 2. The van der Waals surface area contributed by atoms with Gasteiger partial charge >= 0.3 is 0 Å². The van der Waals surface area contributed by atoms with Crippen LogP contribution in [-0.2, 0) is 25.7 Å². The number of nitrogens with two attached hydrogens (primary N) is 1. The Morgan fingerprint density at radius 1 is 0.952 bits per heavy atom. The highest BCUT2D eigenvalue weighted by Crippen LogP contribution is 2.50. The average molecular weight is 856 g/mol. The Bertz CT molecular complexity index is 2300. The molecule has 4 aliphatic heterocycles. The minimum atomic E-state index is -1.86. The molecule has 0 unspecified atom stereocenters. The van der Waals surface area contributed by atoms with Crippen LogP contribution in [0.4, 0.5) is 5.69 Å². The van der Waals surface area contributed by atoms with Crippen molar-refractivity contribution in [2.45, 2.75) is 112 Å². The Balaban J connectivity index is 1.30. The summed E-state index contributed by atoms with van der Waals surface area (Å²) in [7, 11) is 0. The van der Waals surface area contributed by atoms with E-state index in [0.29, 0.717) is 48.8 Å². The number of carbonyl (C=O) groups excluding carboxylic acids is 4. The molecule has 328 valence electrons. The van der Waals surface area contributed by atoms with E-state index in [-0.39, 0.29) is 58.3 Å². The highest BCUT2D eigenvalue weighted by Gasteiger charge is 2.56. The van der Waals surface area contributed by atoms with E-state index >= 15 is 0 Å². The topological polar surface area (TPSA) is 272 Å². The molecule has 0 radical (unpaired) electrons. The summed E-state index contributed by atoms with van der Waals surface area (Å²) < 4.78 is 26.1. The number of hydrogen-bond donors (Lipinski definition) is 9. The number of aliphatic hydroxyl groups excluding tert-OH is 5. The van der Waals surface area contributed by atoms with E-state index in [1.54, 1.807) is 12.1 Å². The van der Waals surface area contributed by atoms with E-state index in [1.807, 2.05) is 23.1 Å². The number of nitrogens with one attached hydrogen (secondary N) is 3. The molecule has 0 aromatic heterocycles. The Kier molecular flexibility index (Phi) is 11.4. The summed E-state index contributed by atoms with van der Waals surface area (Å²) in [6.45, 7) is -0.751. The van der Waals surface area contributed by atoms with Crippen molar-refractivity contribution < 1.29 is 63.7 Å². The second kappa shape index (κ2) is 16.8. The van der Waals surface area contributed by atoms with Crippen molar-refractivity contribution in [1.29, 1.82) is 0 Å². The number of allylic oxidation sites excluding steroid dienone is 1. The number of para-hydroxylation sites is 1. The molecule has 18 heteroatoms. The summed E-state index contributed by atoms with van der Waals surface area (Å²) in [4.78, 5) is 55.9. The molecule has 4 fully saturated rings. The Labute approximate surface area is 355 Å². The van der Waals surface area contributed by atoms with Gasteiger partial charge in [-0.05, 0) is 67.2 Å². The fourth-order valence-electron chi connectivity index (χ4n) is 9.74. The van der Waals surface area contributed by atoms with Crippen LogP contribution in [0, 0.1) is 0 Å². The summed E-state index contributed by atoms with van der Waals surface area (Å²) in [5.74, 6) is -3.01. The number of rotatable bonds is 8. The second-order valence-corrected chi connectivity index (χ2v) is 16.6. The van der Waals surface area contributed by atoms with E-state index in [9.17, 15) is 44.7 Å². The van der Waals surface area contributed by atoms with Gasteiger partial charge in [0.2, 0.25) is 12.2 Å². The van der Waals surface area contributed by atoms with E-state index in [4.69, 9.17) is 24.7 Å². The molecule has 4 heterocycles. The number of amides is 1. The first-order valence-corrected chi connectivity index (χ1v) is 20.8. The van der Waals surface area contributed by atoms with Crippen LogP contribution in [0.15, 0.2) is 60.9 Å². The lowest BCUT2D eigenvalue weighted by molar-refractivity contribution is -0.308. The lowest BCUT2D eigenvalue weighted by Crippen LogP contribution is -2.70. The fraction of sp³-hybridized carbons (Fsp3) is 0.455. The Morgan fingerprint density at radius 3 is 2.52 bits per heavy atom. The van der Waals surface area contributed by atoms with Crippen molar-refractivity contribution >= 4 is 29.4 Å². The molecule has 18 nitrogen and oxygen atoms in total. The third kappa shape index (κ3) is 7.14. The number of fused-ring (bicyclic) bond motifs is 7. The highest BCUT2D eigenvalue weighted by molar-refractivity contribution is 6.29. The van der Waals surface area contributed by atoms with Gasteiger partial charge in [-0.1, -0.05) is 30.7 Å². The molecule has 1 spiro atoms. The fourth-order valence-corrected chi connectivity index (χ4v) is 9.74. The third-order valence-electron chi connectivity index (χ3n) is 12.9. The molecule has 62 heavy (non-hydrogen) atoms. The van der Waals surface area contributed by atoms with Crippen LogP contribution < -0.4 is 36.1 Å². The van der Waals surface area contributed by atoms with Crippen molar-refractivity contribution in [1.82, 2.24) is 16.0 Å². The predicted molar refractivity (Wildman–Crippen MR) is 217 cm³/mol. The van der Waals surface area contributed by atoms with Gasteiger partial charge in [0.15, 0.2) is 23.1 Å². The quantitative estimate of drug-likeness (QED) is 0.105. The van der Waals surface area contributed by atoms with Gasteiger partial charge in [-0.15, -0.1) is 0 Å². The molecule has 2 bridgehead atoms. The number of carbonyl (C=O) groups is 4. The Hall–Kier alpha value is -5.28. The SMILES string of the molecule is N[C@@H]1NC(=O)[C@H]2NCN(c3ccccc3[C@@H]3/C=C/OC4(CCCCC4)[C@@H]4O[C@H](Oc5c3cc3c(c5OC[C@H](O)CC=O)C(=O)c5cc(CO)ccc5C3=O)[C@@H](O)[C@H](O)[C@H]4O)[C@@H]2N1. The number of benzene rings is 3. The average Bonchev–Trinajstić information content (AvgIpc) is 3.70. The van der Waals surface area contributed by atoms with Crippen molar-refractivity contribution in [2.75, 3.05) is 18.2 Å². The summed E-state index contributed by atoms with van der Waals surface area (Å²) >= 11 is 0. The first kappa shape index (κ1) is 42.0. The molecule has 3 aromatic rings. The minimum absolute atomic E-state index is 0.0238. The first-order valence-electron chi connectivity index (χ1n) is 20.8. The molecule has 9 rings (SSSR count). The molecule has 10 atom stereocenters. The van der Waals surface area contributed by atoms with Crippen molar-refractivity contribution in [2.24, 2.45) is 5.73 Å². The Morgan fingerprint density at radius 2 is 1.74 bits per heavy atom. The van der Waals surface area contributed by atoms with Gasteiger partial charge in [0.25, 0.3) is 0 Å². The maximum atomic E-state index is 14.7. The van der Waals surface area contributed by atoms with Crippen LogP contribution in [-0.4, -0.2) is 123 Å². The molecular weight excluding hydrogens is 807 g/mol. The van der Waals surface area contributed by atoms with Crippen LogP contribution in [0.2, 0.25) is 0 Å². The standard InChI is InChI=1S/C44H49N5O13/c45-43-47-40-31(41(58)48-43)46-20-49(40)29-7-3-2-6-24(29)23-11-15-60-44(12-4-1-5-13-44)39-35(56)34(55)36(57)42(62-39)61-37-27(23)17-28-30(38(37)59-19-22(52)10-14-50)33(54)26-16-21(18-51)8-9-25(26)32(28)53/h2-3,6-9,11,14-17,22-23,31,34-36,39-40,42-43,46-47,51-52,55-57H,1,4-5,10,12-13,18-20,45H2,(H,48,58)/b15-11+/t22-,23+,31+,34-,35-,36+,39-,40+,42+,43+/m1/s1. The van der Waals surface area contributed by atoms with Gasteiger partial charge in [-0.3, -0.25) is 30.8 Å². The number of aldehydes is 1. The van der Waals surface area contributed by atoms with Crippen LogP contribution in [0.3, 0.4) is 0 Å². The number of anilines is 1. The normalized spacial score (nSPS) is 30.9. The monoisotopic (exact) mass is 855 g/mol. The predicted octanol–water partition coefficient (Wildman–Crippen LogP) is -0.128. The summed E-state index contributed by atoms with van der Waals surface area (Å²) in [5, 5.41) is 64.5. The highest BCUT2D eigenvalue weighted by atomic mass is 16.7. The third-order valence-corrected chi connectivity index (χ3v) is 12.9. The van der Waals surface area contributed by atoms with Gasteiger partial charge in [0.05, 0.1) is 31.2 Å². The summed E-state index contributed by atoms with van der Waals surface area (Å²) in [6.07, 6.45) is -4.44. The van der Waals surface area contributed by atoms with E-state index < -0.39 is 91.6 Å². The van der Waals surface area contributed by atoms with Gasteiger partial charge in [0.1, 0.15) is 61.4 Å². The van der Waals surface area contributed by atoms with E-state index in [1.165, 1.54) is 30.5 Å². The number of ether oxygens (including phenoxy) is 4. The smallest absolute Gasteiger partial charge is 0.242 e. The van der Waals surface area contributed by atoms with Crippen LogP contribution in [0.5, 0.6) is 11.5 Å². The van der Waals surface area contributed by atoms with Gasteiger partial charge < -0.3 is 59.5 Å². The minimum Gasteiger partial charge on any atom is -0.492 e. The van der Waals surface area contributed by atoms with Crippen molar-refractivity contribution in [3.63, 3.8) is 0 Å². The van der Waals surface area contributed by atoms with Crippen molar-refractivity contribution in [3.05, 3.63) is 99.8 Å². The number of hydrogen-bond acceptors (Lipinski definition) is 17. The van der Waals surface area contributed by atoms with Crippen LogP contribution in [0.1, 0.15) is 93.0 Å².